The zero-order chi connectivity index (χ0) is 43.3. The second kappa shape index (κ2) is 16.4. The van der Waals surface area contributed by atoms with Gasteiger partial charge in [-0.05, 0) is 152 Å². The largest absolute Gasteiger partial charge is 0.0690 e. The second-order valence-corrected chi connectivity index (χ2v) is 18.3. The van der Waals surface area contributed by atoms with E-state index in [1.807, 2.05) is 0 Å². The van der Waals surface area contributed by atoms with Crippen molar-refractivity contribution in [3.05, 3.63) is 227 Å². The van der Waals surface area contributed by atoms with Gasteiger partial charge in [0.2, 0.25) is 0 Å². The summed E-state index contributed by atoms with van der Waals surface area (Å²) in [5.41, 5.74) is 21.2. The fourth-order valence-corrected chi connectivity index (χ4v) is 10.9. The van der Waals surface area contributed by atoms with Crippen molar-refractivity contribution >= 4 is 55.2 Å². The van der Waals surface area contributed by atoms with Gasteiger partial charge in [-0.3, -0.25) is 0 Å². The maximum atomic E-state index is 2.44. The van der Waals surface area contributed by atoms with Gasteiger partial charge in [-0.1, -0.05) is 228 Å². The van der Waals surface area contributed by atoms with Crippen molar-refractivity contribution in [1.82, 2.24) is 0 Å². The lowest BCUT2D eigenvalue weighted by atomic mass is 9.85. The third-order valence-electron chi connectivity index (χ3n) is 13.6. The van der Waals surface area contributed by atoms with E-state index in [1.54, 1.807) is 0 Å². The third kappa shape index (κ3) is 7.34. The molecule has 0 heterocycles. The molecule has 1 aliphatic rings. The number of hydrogen-bond donors (Lipinski definition) is 0. The lowest BCUT2D eigenvalue weighted by molar-refractivity contribution is 0.739. The smallest absolute Gasteiger partial charge is 0.00262 e. The van der Waals surface area contributed by atoms with Gasteiger partial charge in [-0.15, -0.1) is 0 Å². The van der Waals surface area contributed by atoms with Crippen molar-refractivity contribution in [2.24, 2.45) is 0 Å². The highest BCUT2D eigenvalue weighted by molar-refractivity contribution is 6.22. The van der Waals surface area contributed by atoms with Crippen LogP contribution in [0.15, 0.2) is 193 Å². The molecule has 1 aliphatic carbocycles. The van der Waals surface area contributed by atoms with Gasteiger partial charge in [0.15, 0.2) is 0 Å². The summed E-state index contributed by atoms with van der Waals surface area (Å²) in [5, 5.41) is 10.4. The van der Waals surface area contributed by atoms with E-state index in [0.717, 1.165) is 25.7 Å². The molecule has 1 fully saturated rings. The minimum atomic E-state index is 1.10. The summed E-state index contributed by atoms with van der Waals surface area (Å²) < 4.78 is 0. The van der Waals surface area contributed by atoms with Gasteiger partial charge in [0, 0.05) is 0 Å². The van der Waals surface area contributed by atoms with Crippen LogP contribution in [0, 0.1) is 27.7 Å². The molecule has 0 aliphatic heterocycles. The van der Waals surface area contributed by atoms with Crippen LogP contribution < -0.4 is 0 Å². The van der Waals surface area contributed by atoms with E-state index in [0.29, 0.717) is 0 Å². The van der Waals surface area contributed by atoms with E-state index in [-0.39, 0.29) is 0 Å². The number of benzene rings is 10. The van der Waals surface area contributed by atoms with Crippen molar-refractivity contribution in [2.45, 2.75) is 53.4 Å². The number of allylic oxidation sites excluding steroid dienone is 2. The Morgan fingerprint density at radius 3 is 0.750 bits per heavy atom. The zero-order valence-corrected chi connectivity index (χ0v) is 37.3. The van der Waals surface area contributed by atoms with Crippen LogP contribution in [0.2, 0.25) is 0 Å². The van der Waals surface area contributed by atoms with E-state index in [2.05, 4.69) is 222 Å². The monoisotopic (exact) mass is 820 g/mol. The average molecular weight is 821 g/mol. The zero-order valence-electron chi connectivity index (χ0n) is 37.3. The van der Waals surface area contributed by atoms with Crippen LogP contribution >= 0.6 is 0 Å². The molecule has 64 heavy (non-hydrogen) atoms. The van der Waals surface area contributed by atoms with Crippen molar-refractivity contribution in [3.8, 4) is 44.5 Å². The molecule has 1 saturated carbocycles. The predicted molar refractivity (Wildman–Crippen MR) is 278 cm³/mol. The number of fused-ring (bicyclic) bond motifs is 4. The van der Waals surface area contributed by atoms with Gasteiger partial charge in [-0.25, -0.2) is 0 Å². The highest BCUT2D eigenvalue weighted by Gasteiger charge is 2.19. The summed E-state index contributed by atoms with van der Waals surface area (Å²) in [6, 6.07) is 68.3. The Morgan fingerprint density at radius 1 is 0.266 bits per heavy atom. The third-order valence-corrected chi connectivity index (χ3v) is 13.6. The lowest BCUT2D eigenvalue weighted by Crippen LogP contribution is -1.98. The Kier molecular flexibility index (Phi) is 10.2. The minimum absolute atomic E-state index is 1.10. The molecule has 0 unspecified atom stereocenters. The Labute approximate surface area is 377 Å². The normalized spacial score (nSPS) is 13.0. The van der Waals surface area contributed by atoms with Crippen molar-refractivity contribution in [2.75, 3.05) is 0 Å². The van der Waals surface area contributed by atoms with Crippen molar-refractivity contribution < 1.29 is 0 Å². The molecule has 0 nitrogen and oxygen atoms in total. The van der Waals surface area contributed by atoms with Crippen LogP contribution in [-0.2, 0) is 0 Å². The molecule has 0 spiro atoms. The Balaban J connectivity index is 0.845. The Morgan fingerprint density at radius 2 is 0.500 bits per heavy atom. The molecule has 0 heteroatoms. The van der Waals surface area contributed by atoms with Gasteiger partial charge in [0.25, 0.3) is 0 Å². The van der Waals surface area contributed by atoms with Crippen LogP contribution in [0.4, 0.5) is 0 Å². The second-order valence-electron chi connectivity index (χ2n) is 18.3. The standard InChI is InChI=1S/C64H52/c1-41-33-42(2)36-51(35-41)63-57-17-9-5-13-53(57)61(54-14-6-10-18-58(54)63)49-29-25-47(26-30-49)39-45-21-23-46(24-22-45)40-48-27-31-50(32-28-48)62-55-15-7-11-19-59(55)64(60-20-12-8-16-56(60)62)52-37-43(3)34-44(4)38-52/h5-20,25-40H,21-24H2,1-4H3. The molecule has 0 radical (unpaired) electrons. The fourth-order valence-electron chi connectivity index (χ4n) is 10.9. The number of hydrogen-bond acceptors (Lipinski definition) is 0. The van der Waals surface area contributed by atoms with E-state index >= 15 is 0 Å². The maximum Gasteiger partial charge on any atom is -0.00262 e. The highest BCUT2D eigenvalue weighted by Crippen LogP contribution is 2.46. The van der Waals surface area contributed by atoms with E-state index in [4.69, 9.17) is 0 Å². The first-order chi connectivity index (χ1) is 31.3. The quantitative estimate of drug-likeness (QED) is 0.147. The first kappa shape index (κ1) is 39.6. The highest BCUT2D eigenvalue weighted by atomic mass is 14.2. The molecular formula is C64H52. The topological polar surface area (TPSA) is 0 Å². The van der Waals surface area contributed by atoms with Crippen molar-refractivity contribution in [1.29, 1.82) is 0 Å². The van der Waals surface area contributed by atoms with Crippen LogP contribution in [0.1, 0.15) is 59.1 Å². The predicted octanol–water partition coefficient (Wildman–Crippen LogP) is 18.2. The maximum absolute atomic E-state index is 2.44. The Hall–Kier alpha value is -7.28. The molecule has 0 bridgehead atoms. The molecule has 11 rings (SSSR count). The molecule has 0 atom stereocenters. The van der Waals surface area contributed by atoms with Crippen molar-refractivity contribution in [3.63, 3.8) is 0 Å². The van der Waals surface area contributed by atoms with Crippen LogP contribution in [0.25, 0.3) is 99.7 Å². The van der Waals surface area contributed by atoms with E-state index < -0.39 is 0 Å². The first-order valence-electron chi connectivity index (χ1n) is 23.0. The van der Waals surface area contributed by atoms with E-state index in [1.165, 1.54) is 132 Å². The molecule has 0 amide bonds. The fraction of sp³-hybridized carbons (Fsp3) is 0.125. The summed E-state index contributed by atoms with van der Waals surface area (Å²) in [6.45, 7) is 8.80. The van der Waals surface area contributed by atoms with Gasteiger partial charge < -0.3 is 0 Å². The first-order valence-corrected chi connectivity index (χ1v) is 23.0. The van der Waals surface area contributed by atoms with Gasteiger partial charge in [0.05, 0.1) is 0 Å². The average Bonchev–Trinajstić information content (AvgIpc) is 3.30. The van der Waals surface area contributed by atoms with Crippen LogP contribution in [0.5, 0.6) is 0 Å². The minimum Gasteiger partial charge on any atom is -0.0690 e. The molecule has 308 valence electrons. The number of rotatable bonds is 6. The molecular weight excluding hydrogens is 769 g/mol. The summed E-state index contributed by atoms with van der Waals surface area (Å²) in [5.74, 6) is 0. The molecule has 0 N–H and O–H groups in total. The SMILES string of the molecule is Cc1cc(C)cc(-c2c3ccccc3c(-c3ccc(C=C4CCC(=Cc5ccc(-c6c7ccccc7c(-c7cc(C)cc(C)c7)c7ccccc67)cc5)CC4)cc3)c3ccccc23)c1. The van der Waals surface area contributed by atoms with Gasteiger partial charge >= 0.3 is 0 Å². The molecule has 10 aromatic rings. The lowest BCUT2D eigenvalue weighted by Gasteiger charge is -2.19. The Bertz CT molecular complexity index is 3100. The van der Waals surface area contributed by atoms with Crippen LogP contribution in [0.3, 0.4) is 0 Å². The van der Waals surface area contributed by atoms with E-state index in [9.17, 15) is 0 Å². The molecule has 0 aromatic heterocycles. The summed E-state index contributed by atoms with van der Waals surface area (Å²) in [6.07, 6.45) is 9.29. The van der Waals surface area contributed by atoms with Crippen LogP contribution in [-0.4, -0.2) is 0 Å². The van der Waals surface area contributed by atoms with Gasteiger partial charge in [0.1, 0.15) is 0 Å². The summed E-state index contributed by atoms with van der Waals surface area (Å²) in [4.78, 5) is 0. The number of aryl methyl sites for hydroxylation is 4. The summed E-state index contributed by atoms with van der Waals surface area (Å²) >= 11 is 0. The molecule has 0 saturated heterocycles. The molecule has 10 aromatic carbocycles. The van der Waals surface area contributed by atoms with Gasteiger partial charge in [-0.2, -0.15) is 0 Å². The summed E-state index contributed by atoms with van der Waals surface area (Å²) in [7, 11) is 0.